The summed E-state index contributed by atoms with van der Waals surface area (Å²) in [5.41, 5.74) is 5.82. The second-order valence-corrected chi connectivity index (χ2v) is 6.95. The van der Waals surface area contributed by atoms with Gasteiger partial charge in [0.1, 0.15) is 16.5 Å². The molecule has 2 rings (SSSR count). The molecule has 1 aromatic carbocycles. The van der Waals surface area contributed by atoms with Crippen molar-refractivity contribution in [2.75, 3.05) is 0 Å². The molecule has 0 atom stereocenters. The van der Waals surface area contributed by atoms with Gasteiger partial charge in [0.2, 0.25) is 10.0 Å². The first-order valence-electron chi connectivity index (χ1n) is 6.53. The Labute approximate surface area is 129 Å². The molecule has 0 heterocycles. The average molecular weight is 341 g/mol. The summed E-state index contributed by atoms with van der Waals surface area (Å²) in [6.45, 7) is 1.38. The van der Waals surface area contributed by atoms with Crippen molar-refractivity contribution in [1.29, 1.82) is 0 Å². The minimum Gasteiger partial charge on any atom is -0.328 e. The van der Waals surface area contributed by atoms with Crippen molar-refractivity contribution in [3.63, 3.8) is 0 Å². The van der Waals surface area contributed by atoms with Crippen LogP contribution < -0.4 is 10.5 Å². The first kappa shape index (κ1) is 18.3. The number of hydrogen-bond donors (Lipinski definition) is 2. The molecule has 1 aromatic rings. The fourth-order valence-electron chi connectivity index (χ4n) is 2.35. The Morgan fingerprint density at radius 1 is 1.14 bits per heavy atom. The van der Waals surface area contributed by atoms with E-state index in [0.29, 0.717) is 12.8 Å². The molecule has 3 N–H and O–H groups in total. The quantitative estimate of drug-likeness (QED) is 0.886. The van der Waals surface area contributed by atoms with Crippen LogP contribution in [-0.2, 0) is 10.0 Å². The van der Waals surface area contributed by atoms with E-state index >= 15 is 0 Å². The third-order valence-corrected chi connectivity index (χ3v) is 5.13. The number of nitrogens with one attached hydrogen (secondary N) is 1. The molecule has 1 fully saturated rings. The molecule has 0 spiro atoms. The number of nitrogens with two attached hydrogens (primary N) is 1. The van der Waals surface area contributed by atoms with Crippen molar-refractivity contribution >= 4 is 22.4 Å². The molecule has 1 saturated carbocycles. The van der Waals surface area contributed by atoms with Crippen LogP contribution in [0.1, 0.15) is 31.2 Å². The Balaban J connectivity index is 0.00000220. The van der Waals surface area contributed by atoms with Gasteiger partial charge in [0, 0.05) is 12.1 Å². The normalized spacial score (nSPS) is 22.7. The highest BCUT2D eigenvalue weighted by Gasteiger charge is 2.27. The van der Waals surface area contributed by atoms with Crippen LogP contribution in [0.5, 0.6) is 0 Å². The number of rotatable bonds is 3. The maximum absolute atomic E-state index is 13.7. The van der Waals surface area contributed by atoms with Crippen LogP contribution in [0.15, 0.2) is 17.0 Å². The molecule has 0 radical (unpaired) electrons. The molecule has 0 saturated heterocycles. The predicted molar refractivity (Wildman–Crippen MR) is 78.9 cm³/mol. The monoisotopic (exact) mass is 340 g/mol. The van der Waals surface area contributed by atoms with Gasteiger partial charge in [-0.05, 0) is 50.3 Å². The van der Waals surface area contributed by atoms with Gasteiger partial charge >= 0.3 is 0 Å². The minimum atomic E-state index is -4.05. The average Bonchev–Trinajstić information content (AvgIpc) is 2.36. The van der Waals surface area contributed by atoms with E-state index in [4.69, 9.17) is 5.73 Å². The van der Waals surface area contributed by atoms with Gasteiger partial charge in [-0.15, -0.1) is 12.4 Å². The van der Waals surface area contributed by atoms with E-state index in [1.165, 1.54) is 6.92 Å². The smallest absolute Gasteiger partial charge is 0.243 e. The molecule has 0 unspecified atom stereocenters. The molecular weight excluding hydrogens is 322 g/mol. The SMILES string of the molecule is Cc1cc(F)c(S(=O)(=O)NC2CCC(N)CC2)cc1F.Cl. The first-order valence-corrected chi connectivity index (χ1v) is 8.01. The lowest BCUT2D eigenvalue weighted by atomic mass is 9.93. The van der Waals surface area contributed by atoms with Crippen molar-refractivity contribution < 1.29 is 17.2 Å². The van der Waals surface area contributed by atoms with Crippen molar-refractivity contribution in [3.05, 3.63) is 29.3 Å². The first-order chi connectivity index (χ1) is 9.29. The second kappa shape index (κ2) is 7.00. The van der Waals surface area contributed by atoms with Gasteiger partial charge < -0.3 is 5.73 Å². The van der Waals surface area contributed by atoms with Crippen LogP contribution in [0.4, 0.5) is 8.78 Å². The molecule has 4 nitrogen and oxygen atoms in total. The van der Waals surface area contributed by atoms with E-state index in [1.807, 2.05) is 0 Å². The predicted octanol–water partition coefficient (Wildman–Crippen LogP) is 2.24. The summed E-state index contributed by atoms with van der Waals surface area (Å²) in [7, 11) is -4.05. The number of aryl methyl sites for hydroxylation is 1. The number of halogens is 3. The maximum Gasteiger partial charge on any atom is 0.243 e. The van der Waals surface area contributed by atoms with E-state index in [2.05, 4.69) is 4.72 Å². The van der Waals surface area contributed by atoms with E-state index in [-0.39, 0.29) is 30.1 Å². The van der Waals surface area contributed by atoms with Gasteiger partial charge in [-0.3, -0.25) is 0 Å². The minimum absolute atomic E-state index is 0. The van der Waals surface area contributed by atoms with Crippen LogP contribution in [0, 0.1) is 18.6 Å². The Morgan fingerprint density at radius 3 is 2.29 bits per heavy atom. The Morgan fingerprint density at radius 2 is 1.71 bits per heavy atom. The van der Waals surface area contributed by atoms with Gasteiger partial charge in [0.25, 0.3) is 0 Å². The van der Waals surface area contributed by atoms with E-state index < -0.39 is 26.6 Å². The van der Waals surface area contributed by atoms with Crippen LogP contribution in [-0.4, -0.2) is 20.5 Å². The summed E-state index contributed by atoms with van der Waals surface area (Å²) in [5, 5.41) is 0. The zero-order chi connectivity index (χ0) is 14.9. The molecule has 8 heteroatoms. The van der Waals surface area contributed by atoms with Gasteiger partial charge in [0.05, 0.1) is 0 Å². The van der Waals surface area contributed by atoms with Crippen molar-refractivity contribution in [1.82, 2.24) is 4.72 Å². The number of benzene rings is 1. The summed E-state index contributed by atoms with van der Waals surface area (Å²) < 4.78 is 53.8. The third kappa shape index (κ3) is 4.35. The molecule has 0 aromatic heterocycles. The van der Waals surface area contributed by atoms with E-state index in [0.717, 1.165) is 25.0 Å². The van der Waals surface area contributed by atoms with Crippen LogP contribution in [0.25, 0.3) is 0 Å². The lowest BCUT2D eigenvalue weighted by Crippen LogP contribution is -2.40. The van der Waals surface area contributed by atoms with Gasteiger partial charge in [-0.2, -0.15) is 0 Å². The van der Waals surface area contributed by atoms with Crippen molar-refractivity contribution in [2.24, 2.45) is 5.73 Å². The van der Waals surface area contributed by atoms with Gasteiger partial charge in [-0.25, -0.2) is 21.9 Å². The summed E-state index contributed by atoms with van der Waals surface area (Å²) in [6.07, 6.45) is 2.66. The molecule has 21 heavy (non-hydrogen) atoms. The van der Waals surface area contributed by atoms with Crippen molar-refractivity contribution in [3.8, 4) is 0 Å². The molecule has 0 aliphatic heterocycles. The van der Waals surface area contributed by atoms with Crippen LogP contribution in [0.2, 0.25) is 0 Å². The lowest BCUT2D eigenvalue weighted by Gasteiger charge is -2.26. The van der Waals surface area contributed by atoms with E-state index in [9.17, 15) is 17.2 Å². The fourth-order valence-corrected chi connectivity index (χ4v) is 3.73. The summed E-state index contributed by atoms with van der Waals surface area (Å²) in [4.78, 5) is -0.643. The molecular formula is C13H19ClF2N2O2S. The highest BCUT2D eigenvalue weighted by molar-refractivity contribution is 7.89. The molecule has 0 bridgehead atoms. The molecule has 120 valence electrons. The molecule has 1 aliphatic rings. The van der Waals surface area contributed by atoms with Crippen LogP contribution in [0.3, 0.4) is 0 Å². The Hall–Kier alpha value is -0.760. The van der Waals surface area contributed by atoms with E-state index in [1.54, 1.807) is 0 Å². The largest absolute Gasteiger partial charge is 0.328 e. The zero-order valence-corrected chi connectivity index (χ0v) is 13.2. The molecule has 1 aliphatic carbocycles. The Bertz CT molecular complexity index is 602. The maximum atomic E-state index is 13.7. The topological polar surface area (TPSA) is 72.2 Å². The number of hydrogen-bond acceptors (Lipinski definition) is 3. The van der Waals surface area contributed by atoms with Gasteiger partial charge in [-0.1, -0.05) is 0 Å². The van der Waals surface area contributed by atoms with Gasteiger partial charge in [0.15, 0.2) is 0 Å². The summed E-state index contributed by atoms with van der Waals surface area (Å²) in [5.74, 6) is -1.68. The highest BCUT2D eigenvalue weighted by Crippen LogP contribution is 2.22. The lowest BCUT2D eigenvalue weighted by molar-refractivity contribution is 0.373. The van der Waals surface area contributed by atoms with Crippen molar-refractivity contribution in [2.45, 2.75) is 49.6 Å². The highest BCUT2D eigenvalue weighted by atomic mass is 35.5. The van der Waals surface area contributed by atoms with Crippen LogP contribution >= 0.6 is 12.4 Å². The molecule has 0 amide bonds. The number of sulfonamides is 1. The fraction of sp³-hybridized carbons (Fsp3) is 0.538. The summed E-state index contributed by atoms with van der Waals surface area (Å²) >= 11 is 0. The third-order valence-electron chi connectivity index (χ3n) is 3.60. The zero-order valence-electron chi connectivity index (χ0n) is 11.6. The summed E-state index contributed by atoms with van der Waals surface area (Å²) in [6, 6.07) is 1.43. The second-order valence-electron chi connectivity index (χ2n) is 5.26. The standard InChI is InChI=1S/C13H18F2N2O2S.ClH/c1-8-6-12(15)13(7-11(8)14)20(18,19)17-10-4-2-9(16)3-5-10;/h6-7,9-10,17H,2-5,16H2,1H3;1H. The Kier molecular flexibility index (Phi) is 6.10.